The van der Waals surface area contributed by atoms with E-state index in [1.54, 1.807) is 18.2 Å². The molecule has 0 saturated carbocycles. The fraction of sp³-hybridized carbons (Fsp3) is 0.143. The monoisotopic (exact) mass is 406 g/mol. The fourth-order valence-electron chi connectivity index (χ4n) is 3.30. The molecule has 1 saturated heterocycles. The zero-order valence-electron chi connectivity index (χ0n) is 16.0. The van der Waals surface area contributed by atoms with E-state index in [4.69, 9.17) is 10.2 Å². The molecule has 0 bridgehead atoms. The molecule has 1 aromatic heterocycles. The molecule has 0 radical (unpaired) electrons. The van der Waals surface area contributed by atoms with E-state index in [0.717, 1.165) is 10.3 Å². The lowest BCUT2D eigenvalue weighted by atomic mass is 9.99. The summed E-state index contributed by atoms with van der Waals surface area (Å²) in [4.78, 5) is 49.7. The van der Waals surface area contributed by atoms with Gasteiger partial charge in [0.25, 0.3) is 5.91 Å². The number of hydrogen-bond acceptors (Lipinski definition) is 5. The van der Waals surface area contributed by atoms with Crippen LogP contribution in [0.2, 0.25) is 0 Å². The van der Waals surface area contributed by atoms with Crippen molar-refractivity contribution in [3.63, 3.8) is 0 Å². The lowest BCUT2D eigenvalue weighted by Crippen LogP contribution is -2.41. The molecule has 9 heteroatoms. The van der Waals surface area contributed by atoms with E-state index in [-0.39, 0.29) is 5.76 Å². The summed E-state index contributed by atoms with van der Waals surface area (Å²) in [6.45, 7) is 1.06. The van der Waals surface area contributed by atoms with E-state index >= 15 is 0 Å². The number of para-hydroxylation sites is 1. The van der Waals surface area contributed by atoms with Gasteiger partial charge in [-0.25, -0.2) is 4.79 Å². The van der Waals surface area contributed by atoms with Crippen LogP contribution in [0.3, 0.4) is 0 Å². The highest BCUT2D eigenvalue weighted by Crippen LogP contribution is 2.32. The van der Waals surface area contributed by atoms with Gasteiger partial charge in [-0.15, -0.1) is 0 Å². The van der Waals surface area contributed by atoms with Crippen molar-refractivity contribution < 1.29 is 23.6 Å². The lowest BCUT2D eigenvalue weighted by Gasteiger charge is -2.18. The highest BCUT2D eigenvalue weighted by Gasteiger charge is 2.51. The van der Waals surface area contributed by atoms with Gasteiger partial charge in [-0.2, -0.15) is 0 Å². The summed E-state index contributed by atoms with van der Waals surface area (Å²) in [7, 11) is 0. The van der Waals surface area contributed by atoms with Crippen molar-refractivity contribution in [2.45, 2.75) is 12.5 Å². The topological polar surface area (TPSA) is 135 Å². The number of primary amides is 1. The summed E-state index contributed by atoms with van der Waals surface area (Å²) >= 11 is 0. The van der Waals surface area contributed by atoms with Crippen LogP contribution in [0.4, 0.5) is 10.5 Å². The maximum atomic E-state index is 13.0. The average Bonchev–Trinajstić information content (AvgIpc) is 3.24. The molecule has 2 aromatic carbocycles. The average molecular weight is 406 g/mol. The van der Waals surface area contributed by atoms with Crippen molar-refractivity contribution in [3.05, 3.63) is 65.9 Å². The molecule has 30 heavy (non-hydrogen) atoms. The van der Waals surface area contributed by atoms with Crippen LogP contribution in [0.25, 0.3) is 11.0 Å². The number of hydrogen-bond donors (Lipinski definition) is 3. The molecular formula is C21H18N4O5. The number of rotatable bonds is 5. The first kappa shape index (κ1) is 19.2. The van der Waals surface area contributed by atoms with E-state index < -0.39 is 35.8 Å². The minimum atomic E-state index is -1.42. The molecule has 0 aliphatic carbocycles. The minimum absolute atomic E-state index is 0.284. The number of benzene rings is 2. The Hall–Kier alpha value is -4.14. The van der Waals surface area contributed by atoms with Crippen molar-refractivity contribution >= 4 is 40.4 Å². The van der Waals surface area contributed by atoms with E-state index in [1.165, 1.54) is 31.2 Å². The van der Waals surface area contributed by atoms with E-state index in [1.807, 2.05) is 12.1 Å². The van der Waals surface area contributed by atoms with Gasteiger partial charge in [0.05, 0.1) is 0 Å². The second-order valence-corrected chi connectivity index (χ2v) is 7.08. The van der Waals surface area contributed by atoms with Crippen LogP contribution in [0.5, 0.6) is 0 Å². The highest BCUT2D eigenvalue weighted by molar-refractivity contribution is 6.10. The maximum Gasteiger partial charge on any atom is 0.325 e. The summed E-state index contributed by atoms with van der Waals surface area (Å²) in [5.41, 5.74) is 5.05. The number of nitrogens with zero attached hydrogens (tertiary/aromatic N) is 1. The molecule has 1 atom stereocenters. The second kappa shape index (κ2) is 7.03. The van der Waals surface area contributed by atoms with Gasteiger partial charge in [0.1, 0.15) is 17.9 Å². The third-order valence-corrected chi connectivity index (χ3v) is 4.95. The second-order valence-electron chi connectivity index (χ2n) is 7.08. The number of carbonyl (C=O) groups is 4. The standard InChI is InChI=1S/C21H18N4O5/c1-21(16-10-13-4-2-3-5-15(13)30-16)19(28)25(20(29)24-21)11-17(26)23-14-8-6-12(7-9-14)18(22)27/h2-10H,11H2,1H3,(H2,22,27)(H,23,26)(H,24,29)/t21-/m1/s1. The van der Waals surface area contributed by atoms with E-state index in [9.17, 15) is 19.2 Å². The van der Waals surface area contributed by atoms with Gasteiger partial charge in [0.2, 0.25) is 11.8 Å². The number of amides is 5. The van der Waals surface area contributed by atoms with Crippen LogP contribution in [-0.2, 0) is 15.1 Å². The molecular weight excluding hydrogens is 388 g/mol. The highest BCUT2D eigenvalue weighted by atomic mass is 16.3. The fourth-order valence-corrected chi connectivity index (χ4v) is 3.30. The smallest absolute Gasteiger partial charge is 0.325 e. The molecule has 0 spiro atoms. The van der Waals surface area contributed by atoms with Gasteiger partial charge >= 0.3 is 6.03 Å². The molecule has 0 unspecified atom stereocenters. The van der Waals surface area contributed by atoms with Crippen LogP contribution in [0, 0.1) is 0 Å². The molecule has 5 amide bonds. The number of imide groups is 1. The van der Waals surface area contributed by atoms with Crippen LogP contribution < -0.4 is 16.4 Å². The summed E-state index contributed by atoms with van der Waals surface area (Å²) in [6.07, 6.45) is 0. The molecule has 3 aromatic rings. The summed E-state index contributed by atoms with van der Waals surface area (Å²) in [6, 6.07) is 14.2. The molecule has 1 aliphatic rings. The predicted molar refractivity (Wildman–Crippen MR) is 107 cm³/mol. The first-order valence-electron chi connectivity index (χ1n) is 9.11. The van der Waals surface area contributed by atoms with Gasteiger partial charge in [-0.3, -0.25) is 19.3 Å². The molecule has 1 fully saturated rings. The Morgan fingerprint density at radius 1 is 1.13 bits per heavy atom. The van der Waals surface area contributed by atoms with Crippen molar-refractivity contribution in [3.8, 4) is 0 Å². The van der Waals surface area contributed by atoms with Gasteiger partial charge in [-0.05, 0) is 43.3 Å². The van der Waals surface area contributed by atoms with E-state index in [0.29, 0.717) is 16.8 Å². The third-order valence-electron chi connectivity index (χ3n) is 4.95. The Morgan fingerprint density at radius 3 is 2.50 bits per heavy atom. The largest absolute Gasteiger partial charge is 0.458 e. The van der Waals surface area contributed by atoms with Crippen molar-refractivity contribution in [1.29, 1.82) is 0 Å². The van der Waals surface area contributed by atoms with Crippen molar-refractivity contribution in [1.82, 2.24) is 10.2 Å². The summed E-state index contributed by atoms with van der Waals surface area (Å²) < 4.78 is 5.75. The van der Waals surface area contributed by atoms with Crippen LogP contribution in [-0.4, -0.2) is 35.2 Å². The van der Waals surface area contributed by atoms with E-state index in [2.05, 4.69) is 10.6 Å². The van der Waals surface area contributed by atoms with Gasteiger partial charge in [0, 0.05) is 16.6 Å². The summed E-state index contributed by atoms with van der Waals surface area (Å²) in [5, 5.41) is 5.98. The van der Waals surface area contributed by atoms with Gasteiger partial charge in [0.15, 0.2) is 5.54 Å². The summed E-state index contributed by atoms with van der Waals surface area (Å²) in [5.74, 6) is -1.46. The Labute approximate surface area is 170 Å². The Bertz CT molecular complexity index is 1150. The number of nitrogens with one attached hydrogen (secondary N) is 2. The van der Waals surface area contributed by atoms with Gasteiger partial charge < -0.3 is 20.8 Å². The van der Waals surface area contributed by atoms with Crippen molar-refractivity contribution in [2.75, 3.05) is 11.9 Å². The van der Waals surface area contributed by atoms with Crippen LogP contribution in [0.15, 0.2) is 59.0 Å². The number of carbonyl (C=O) groups excluding carboxylic acids is 4. The SMILES string of the molecule is C[C@]1(c2cc3ccccc3o2)NC(=O)N(CC(=O)Nc2ccc(C(N)=O)cc2)C1=O. The van der Waals surface area contributed by atoms with Crippen LogP contribution >= 0.6 is 0 Å². The Morgan fingerprint density at radius 2 is 1.83 bits per heavy atom. The zero-order valence-corrected chi connectivity index (χ0v) is 16.0. The third kappa shape index (κ3) is 3.26. The quantitative estimate of drug-likeness (QED) is 0.557. The van der Waals surface area contributed by atoms with Gasteiger partial charge in [-0.1, -0.05) is 18.2 Å². The first-order chi connectivity index (χ1) is 14.3. The minimum Gasteiger partial charge on any atom is -0.458 e. The number of urea groups is 1. The Balaban J connectivity index is 1.49. The first-order valence-corrected chi connectivity index (χ1v) is 9.11. The predicted octanol–water partition coefficient (Wildman–Crippen LogP) is 1.94. The molecule has 152 valence electrons. The number of furan rings is 1. The molecule has 4 rings (SSSR count). The Kier molecular flexibility index (Phi) is 4.50. The molecule has 4 N–H and O–H groups in total. The maximum absolute atomic E-state index is 13.0. The molecule has 1 aliphatic heterocycles. The lowest BCUT2D eigenvalue weighted by molar-refractivity contribution is -0.134. The normalized spacial score (nSPS) is 18.5. The number of anilines is 1. The van der Waals surface area contributed by atoms with Crippen LogP contribution in [0.1, 0.15) is 23.0 Å². The number of fused-ring (bicyclic) bond motifs is 1. The van der Waals surface area contributed by atoms with Crippen molar-refractivity contribution in [2.24, 2.45) is 5.73 Å². The zero-order chi connectivity index (χ0) is 21.5. The number of nitrogens with two attached hydrogens (primary N) is 1. The molecule has 9 nitrogen and oxygen atoms in total. The molecule has 2 heterocycles.